The topological polar surface area (TPSA) is 81.8 Å². The number of nitrogens with zero attached hydrogens (tertiary/aromatic N) is 2. The van der Waals surface area contributed by atoms with Gasteiger partial charge in [-0.05, 0) is 25.5 Å². The predicted molar refractivity (Wildman–Crippen MR) is 99.7 cm³/mol. The van der Waals surface area contributed by atoms with Gasteiger partial charge in [0.1, 0.15) is 6.04 Å². The van der Waals surface area contributed by atoms with E-state index in [-0.39, 0.29) is 24.3 Å². The van der Waals surface area contributed by atoms with Gasteiger partial charge >= 0.3 is 0 Å². The van der Waals surface area contributed by atoms with Crippen molar-refractivity contribution in [2.24, 2.45) is 0 Å². The first-order chi connectivity index (χ1) is 12.5. The second-order valence-electron chi connectivity index (χ2n) is 6.51. The molecule has 0 aromatic heterocycles. The first-order valence-corrected chi connectivity index (χ1v) is 9.15. The SMILES string of the molecule is CCCNC(=O)[C@@H](C)NC(=O)CN1CCN(C(=O)c2ccccc2)CC1. The largest absolute Gasteiger partial charge is 0.354 e. The Hall–Kier alpha value is -2.41. The lowest BCUT2D eigenvalue weighted by Crippen LogP contribution is -2.53. The monoisotopic (exact) mass is 360 g/mol. The molecule has 0 saturated carbocycles. The molecule has 7 nitrogen and oxygen atoms in total. The normalized spacial score (nSPS) is 16.0. The quantitative estimate of drug-likeness (QED) is 0.741. The van der Waals surface area contributed by atoms with Crippen LogP contribution in [0.1, 0.15) is 30.6 Å². The van der Waals surface area contributed by atoms with Crippen molar-refractivity contribution in [1.29, 1.82) is 0 Å². The third-order valence-electron chi connectivity index (χ3n) is 4.37. The molecular weight excluding hydrogens is 332 g/mol. The molecule has 1 aromatic carbocycles. The van der Waals surface area contributed by atoms with Crippen LogP contribution < -0.4 is 10.6 Å². The van der Waals surface area contributed by atoms with E-state index in [9.17, 15) is 14.4 Å². The molecule has 1 heterocycles. The number of hydrogen-bond donors (Lipinski definition) is 2. The van der Waals surface area contributed by atoms with Crippen molar-refractivity contribution >= 4 is 17.7 Å². The van der Waals surface area contributed by atoms with Crippen LogP contribution in [0.5, 0.6) is 0 Å². The molecule has 0 unspecified atom stereocenters. The van der Waals surface area contributed by atoms with Gasteiger partial charge in [0.05, 0.1) is 6.54 Å². The van der Waals surface area contributed by atoms with Crippen LogP contribution in [-0.4, -0.2) is 72.8 Å². The molecule has 2 N–H and O–H groups in total. The Kier molecular flexibility index (Phi) is 7.59. The molecule has 1 aromatic rings. The Labute approximate surface area is 154 Å². The Balaban J connectivity index is 1.73. The Morgan fingerprint density at radius 3 is 2.35 bits per heavy atom. The molecule has 1 atom stereocenters. The molecule has 2 rings (SSSR count). The summed E-state index contributed by atoms with van der Waals surface area (Å²) in [5, 5.41) is 5.49. The molecule has 1 saturated heterocycles. The molecule has 1 fully saturated rings. The zero-order valence-electron chi connectivity index (χ0n) is 15.5. The van der Waals surface area contributed by atoms with E-state index in [1.54, 1.807) is 6.92 Å². The molecule has 3 amide bonds. The molecule has 0 bridgehead atoms. The van der Waals surface area contributed by atoms with Gasteiger partial charge in [-0.3, -0.25) is 19.3 Å². The number of rotatable bonds is 7. The molecule has 142 valence electrons. The van der Waals surface area contributed by atoms with Crippen molar-refractivity contribution in [3.63, 3.8) is 0 Å². The van der Waals surface area contributed by atoms with E-state index in [0.717, 1.165) is 6.42 Å². The van der Waals surface area contributed by atoms with Gasteiger partial charge in [0.25, 0.3) is 5.91 Å². The molecule has 26 heavy (non-hydrogen) atoms. The van der Waals surface area contributed by atoms with Crippen LogP contribution in [0.15, 0.2) is 30.3 Å². The Morgan fingerprint density at radius 2 is 1.73 bits per heavy atom. The summed E-state index contributed by atoms with van der Waals surface area (Å²) in [6.07, 6.45) is 0.860. The summed E-state index contributed by atoms with van der Waals surface area (Å²) >= 11 is 0. The van der Waals surface area contributed by atoms with Crippen molar-refractivity contribution in [2.75, 3.05) is 39.3 Å². The van der Waals surface area contributed by atoms with Crippen LogP contribution in [0.25, 0.3) is 0 Å². The maximum Gasteiger partial charge on any atom is 0.253 e. The van der Waals surface area contributed by atoms with Gasteiger partial charge in [0.15, 0.2) is 0 Å². The number of piperazine rings is 1. The first kappa shape index (κ1) is 19.9. The summed E-state index contributed by atoms with van der Waals surface area (Å²) in [6, 6.07) is 8.67. The number of amides is 3. The Morgan fingerprint density at radius 1 is 1.08 bits per heavy atom. The van der Waals surface area contributed by atoms with E-state index in [2.05, 4.69) is 10.6 Å². The number of carbonyl (C=O) groups is 3. The average Bonchev–Trinajstić information content (AvgIpc) is 2.66. The van der Waals surface area contributed by atoms with E-state index in [1.165, 1.54) is 0 Å². The highest BCUT2D eigenvalue weighted by molar-refractivity contribution is 5.94. The summed E-state index contributed by atoms with van der Waals surface area (Å²) in [4.78, 5) is 40.2. The highest BCUT2D eigenvalue weighted by atomic mass is 16.2. The molecule has 1 aliphatic rings. The lowest BCUT2D eigenvalue weighted by atomic mass is 10.2. The summed E-state index contributed by atoms with van der Waals surface area (Å²) in [7, 11) is 0. The Bertz CT molecular complexity index is 612. The van der Waals surface area contributed by atoms with Gasteiger partial charge in [-0.1, -0.05) is 25.1 Å². The summed E-state index contributed by atoms with van der Waals surface area (Å²) in [6.45, 7) is 6.96. The van der Waals surface area contributed by atoms with E-state index in [1.807, 2.05) is 47.1 Å². The van der Waals surface area contributed by atoms with Gasteiger partial charge in [-0.2, -0.15) is 0 Å². The molecule has 0 radical (unpaired) electrons. The summed E-state index contributed by atoms with van der Waals surface area (Å²) in [5.74, 6) is -0.318. The van der Waals surface area contributed by atoms with Gasteiger partial charge in [-0.25, -0.2) is 0 Å². The minimum absolute atomic E-state index is 0.0240. The maximum atomic E-state index is 12.4. The van der Waals surface area contributed by atoms with Gasteiger partial charge < -0.3 is 15.5 Å². The fraction of sp³-hybridized carbons (Fsp3) is 0.526. The smallest absolute Gasteiger partial charge is 0.253 e. The van der Waals surface area contributed by atoms with Crippen molar-refractivity contribution in [2.45, 2.75) is 26.3 Å². The van der Waals surface area contributed by atoms with Crippen LogP contribution >= 0.6 is 0 Å². The van der Waals surface area contributed by atoms with Crippen molar-refractivity contribution in [1.82, 2.24) is 20.4 Å². The van der Waals surface area contributed by atoms with E-state index in [0.29, 0.717) is 38.3 Å². The molecule has 0 aliphatic carbocycles. The van der Waals surface area contributed by atoms with Crippen LogP contribution in [0.4, 0.5) is 0 Å². The minimum Gasteiger partial charge on any atom is -0.354 e. The number of hydrogen-bond acceptors (Lipinski definition) is 4. The van der Waals surface area contributed by atoms with Crippen LogP contribution in [0, 0.1) is 0 Å². The van der Waals surface area contributed by atoms with Crippen LogP contribution in [-0.2, 0) is 9.59 Å². The number of carbonyl (C=O) groups excluding carboxylic acids is 3. The molecule has 7 heteroatoms. The van der Waals surface area contributed by atoms with Crippen LogP contribution in [0.3, 0.4) is 0 Å². The van der Waals surface area contributed by atoms with Crippen LogP contribution in [0.2, 0.25) is 0 Å². The van der Waals surface area contributed by atoms with E-state index in [4.69, 9.17) is 0 Å². The number of nitrogens with one attached hydrogen (secondary N) is 2. The number of benzene rings is 1. The van der Waals surface area contributed by atoms with Crippen molar-refractivity contribution < 1.29 is 14.4 Å². The zero-order valence-corrected chi connectivity index (χ0v) is 15.5. The van der Waals surface area contributed by atoms with E-state index >= 15 is 0 Å². The van der Waals surface area contributed by atoms with Gasteiger partial charge in [0.2, 0.25) is 11.8 Å². The van der Waals surface area contributed by atoms with Gasteiger partial charge in [0, 0.05) is 38.3 Å². The lowest BCUT2D eigenvalue weighted by Gasteiger charge is -2.34. The predicted octanol–water partition coefficient (Wildman–Crippen LogP) is 0.475. The fourth-order valence-corrected chi connectivity index (χ4v) is 2.83. The summed E-state index contributed by atoms with van der Waals surface area (Å²) in [5.41, 5.74) is 0.686. The van der Waals surface area contributed by atoms with Crippen molar-refractivity contribution in [3.05, 3.63) is 35.9 Å². The first-order valence-electron chi connectivity index (χ1n) is 9.15. The second-order valence-corrected chi connectivity index (χ2v) is 6.51. The van der Waals surface area contributed by atoms with Crippen molar-refractivity contribution in [3.8, 4) is 0 Å². The summed E-state index contributed by atoms with van der Waals surface area (Å²) < 4.78 is 0. The fourth-order valence-electron chi connectivity index (χ4n) is 2.83. The molecule has 1 aliphatic heterocycles. The van der Waals surface area contributed by atoms with Gasteiger partial charge in [-0.15, -0.1) is 0 Å². The second kappa shape index (κ2) is 9.91. The van der Waals surface area contributed by atoms with E-state index < -0.39 is 6.04 Å². The highest BCUT2D eigenvalue weighted by Crippen LogP contribution is 2.08. The standard InChI is InChI=1S/C19H28N4O3/c1-3-9-20-18(25)15(2)21-17(24)14-22-10-12-23(13-11-22)19(26)16-7-5-4-6-8-16/h4-8,15H,3,9-14H2,1-2H3,(H,20,25)(H,21,24)/t15-/m1/s1. The molecular formula is C19H28N4O3. The maximum absolute atomic E-state index is 12.4. The lowest BCUT2D eigenvalue weighted by molar-refractivity contribution is -0.129. The molecule has 0 spiro atoms. The third-order valence-corrected chi connectivity index (χ3v) is 4.37. The third kappa shape index (κ3) is 5.84. The highest BCUT2D eigenvalue weighted by Gasteiger charge is 2.24. The average molecular weight is 360 g/mol. The minimum atomic E-state index is -0.546. The zero-order chi connectivity index (χ0) is 18.9.